The van der Waals surface area contributed by atoms with Crippen LogP contribution in [0.2, 0.25) is 0 Å². The predicted octanol–water partition coefficient (Wildman–Crippen LogP) is 2.00. The first-order valence-corrected chi connectivity index (χ1v) is 8.47. The van der Waals surface area contributed by atoms with Gasteiger partial charge >= 0.3 is 0 Å². The van der Waals surface area contributed by atoms with Crippen LogP contribution in [-0.4, -0.2) is 32.3 Å². The molecule has 0 aliphatic rings. The van der Waals surface area contributed by atoms with E-state index in [0.29, 0.717) is 18.0 Å². The van der Waals surface area contributed by atoms with E-state index in [-0.39, 0.29) is 17.7 Å². The van der Waals surface area contributed by atoms with E-state index < -0.39 is 0 Å². The predicted molar refractivity (Wildman–Crippen MR) is 91.0 cm³/mol. The standard InChI is InChI=1S/C17H27N5O/c1-6-8-9-14(7-2)17(23)18-10-11(3)15-19-16-12(4)13(5)20-22(16)21-15/h11,14H,4,6-10H2,1-3,5H3,(H,18,23). The van der Waals surface area contributed by atoms with Crippen molar-refractivity contribution in [3.63, 3.8) is 0 Å². The van der Waals surface area contributed by atoms with E-state index in [2.05, 4.69) is 40.9 Å². The zero-order chi connectivity index (χ0) is 17.0. The molecule has 0 fully saturated rings. The number of carbonyl (C=O) groups excluding carboxylic acids is 1. The van der Waals surface area contributed by atoms with E-state index in [0.717, 1.165) is 36.6 Å². The molecule has 6 nitrogen and oxygen atoms in total. The fourth-order valence-electron chi connectivity index (χ4n) is 2.61. The topological polar surface area (TPSA) is 72.2 Å². The highest BCUT2D eigenvalue weighted by Crippen LogP contribution is 2.14. The number of amides is 1. The van der Waals surface area contributed by atoms with Crippen LogP contribution in [0.15, 0.2) is 0 Å². The summed E-state index contributed by atoms with van der Waals surface area (Å²) in [6, 6.07) is 0. The number of rotatable bonds is 8. The van der Waals surface area contributed by atoms with E-state index in [4.69, 9.17) is 0 Å². The van der Waals surface area contributed by atoms with Crippen LogP contribution in [0.4, 0.5) is 0 Å². The molecular weight excluding hydrogens is 290 g/mol. The molecule has 2 aromatic heterocycles. The highest BCUT2D eigenvalue weighted by Gasteiger charge is 2.19. The van der Waals surface area contributed by atoms with Crippen LogP contribution >= 0.6 is 0 Å². The Morgan fingerprint density at radius 1 is 1.35 bits per heavy atom. The Labute approximate surface area is 137 Å². The Kier molecular flexibility index (Phi) is 5.69. The number of aromatic nitrogens is 4. The third-order valence-electron chi connectivity index (χ3n) is 4.35. The van der Waals surface area contributed by atoms with Gasteiger partial charge in [0.1, 0.15) is 0 Å². The molecule has 2 rings (SSSR count). The molecule has 6 heteroatoms. The van der Waals surface area contributed by atoms with Crippen molar-refractivity contribution >= 4 is 18.1 Å². The number of nitrogens with one attached hydrogen (secondary N) is 1. The number of fused-ring (bicyclic) bond motifs is 1. The Bertz CT molecular complexity index is 708. The summed E-state index contributed by atoms with van der Waals surface area (Å²) >= 11 is 0. The van der Waals surface area contributed by atoms with Crippen molar-refractivity contribution in [2.45, 2.75) is 59.3 Å². The summed E-state index contributed by atoms with van der Waals surface area (Å²) in [6.07, 6.45) is 4.05. The highest BCUT2D eigenvalue weighted by molar-refractivity contribution is 5.78. The minimum absolute atomic E-state index is 0.0454. The average Bonchev–Trinajstić information content (AvgIpc) is 3.06. The van der Waals surface area contributed by atoms with Crippen LogP contribution in [0, 0.1) is 12.8 Å². The van der Waals surface area contributed by atoms with E-state index in [1.54, 1.807) is 0 Å². The molecule has 0 bridgehead atoms. The number of carbonyl (C=O) groups is 1. The number of hydrogen-bond acceptors (Lipinski definition) is 4. The lowest BCUT2D eigenvalue weighted by atomic mass is 9.98. The van der Waals surface area contributed by atoms with Gasteiger partial charge < -0.3 is 5.32 Å². The molecule has 0 aliphatic heterocycles. The van der Waals surface area contributed by atoms with Crippen LogP contribution in [0.5, 0.6) is 0 Å². The van der Waals surface area contributed by atoms with Gasteiger partial charge in [-0.1, -0.05) is 40.2 Å². The van der Waals surface area contributed by atoms with Gasteiger partial charge in [-0.3, -0.25) is 4.79 Å². The van der Waals surface area contributed by atoms with Crippen molar-refractivity contribution in [1.82, 2.24) is 25.1 Å². The zero-order valence-corrected chi connectivity index (χ0v) is 14.6. The average molecular weight is 317 g/mol. The molecule has 126 valence electrons. The molecule has 2 aromatic rings. The van der Waals surface area contributed by atoms with Crippen molar-refractivity contribution < 1.29 is 4.79 Å². The van der Waals surface area contributed by atoms with Crippen molar-refractivity contribution in [1.29, 1.82) is 0 Å². The van der Waals surface area contributed by atoms with Crippen molar-refractivity contribution in [2.24, 2.45) is 5.92 Å². The van der Waals surface area contributed by atoms with Crippen LogP contribution in [0.1, 0.15) is 63.9 Å². The van der Waals surface area contributed by atoms with Crippen LogP contribution in [0.25, 0.3) is 12.2 Å². The van der Waals surface area contributed by atoms with Gasteiger partial charge in [0.2, 0.25) is 5.91 Å². The number of unbranched alkanes of at least 4 members (excludes halogenated alkanes) is 1. The third-order valence-corrected chi connectivity index (χ3v) is 4.35. The van der Waals surface area contributed by atoms with Crippen LogP contribution in [-0.2, 0) is 4.79 Å². The molecule has 23 heavy (non-hydrogen) atoms. The molecule has 0 aromatic carbocycles. The Morgan fingerprint density at radius 2 is 2.09 bits per heavy atom. The normalized spacial score (nSPS) is 14.1. The molecule has 1 N–H and O–H groups in total. The molecule has 0 saturated carbocycles. The lowest BCUT2D eigenvalue weighted by Crippen LogP contribution is -2.33. The molecule has 0 spiro atoms. The molecule has 2 unspecified atom stereocenters. The second kappa shape index (κ2) is 7.53. The van der Waals surface area contributed by atoms with Crippen molar-refractivity contribution in [3.8, 4) is 0 Å². The van der Waals surface area contributed by atoms with Gasteiger partial charge in [-0.15, -0.1) is 9.73 Å². The van der Waals surface area contributed by atoms with Gasteiger partial charge in [0, 0.05) is 23.6 Å². The minimum atomic E-state index is 0.0454. The quantitative estimate of drug-likeness (QED) is 0.808. The third kappa shape index (κ3) is 3.86. The number of nitrogens with zero attached hydrogens (tertiary/aromatic N) is 4. The maximum Gasteiger partial charge on any atom is 0.223 e. The van der Waals surface area contributed by atoms with E-state index in [9.17, 15) is 4.79 Å². The van der Waals surface area contributed by atoms with Gasteiger partial charge in [0.15, 0.2) is 11.5 Å². The molecular formula is C17H27N5O. The minimum Gasteiger partial charge on any atom is -0.355 e. The van der Waals surface area contributed by atoms with E-state index in [1.165, 1.54) is 4.63 Å². The Balaban J connectivity index is 1.96. The first kappa shape index (κ1) is 17.4. The van der Waals surface area contributed by atoms with Crippen LogP contribution < -0.4 is 10.5 Å². The number of aryl methyl sites for hydroxylation is 1. The fraction of sp³-hybridized carbons (Fsp3) is 0.647. The lowest BCUT2D eigenvalue weighted by Gasteiger charge is -2.16. The van der Waals surface area contributed by atoms with Gasteiger partial charge in [-0.05, 0) is 19.8 Å². The van der Waals surface area contributed by atoms with Gasteiger partial charge in [-0.2, -0.15) is 5.10 Å². The molecule has 0 aliphatic carbocycles. The molecule has 0 saturated heterocycles. The summed E-state index contributed by atoms with van der Waals surface area (Å²) in [6.45, 7) is 12.6. The Morgan fingerprint density at radius 3 is 2.70 bits per heavy atom. The van der Waals surface area contributed by atoms with Gasteiger partial charge in [0.05, 0.1) is 5.69 Å². The summed E-state index contributed by atoms with van der Waals surface area (Å²) in [5.74, 6) is 0.982. The van der Waals surface area contributed by atoms with Crippen LogP contribution in [0.3, 0.4) is 0 Å². The smallest absolute Gasteiger partial charge is 0.223 e. The summed E-state index contributed by atoms with van der Waals surface area (Å²) < 4.78 is 1.53. The second-order valence-electron chi connectivity index (χ2n) is 6.24. The summed E-state index contributed by atoms with van der Waals surface area (Å²) in [7, 11) is 0. The second-order valence-corrected chi connectivity index (χ2v) is 6.24. The molecule has 1 amide bonds. The van der Waals surface area contributed by atoms with Crippen molar-refractivity contribution in [2.75, 3.05) is 6.54 Å². The van der Waals surface area contributed by atoms with E-state index >= 15 is 0 Å². The lowest BCUT2D eigenvalue weighted by molar-refractivity contribution is -0.125. The maximum absolute atomic E-state index is 12.3. The first-order chi connectivity index (χ1) is 11.0. The summed E-state index contributed by atoms with van der Waals surface area (Å²) in [5, 5.41) is 12.5. The SMILES string of the molecule is C=c1c(C)nn2nc(C(C)CNC(=O)C(CC)CCCC)nc12. The fourth-order valence-corrected chi connectivity index (χ4v) is 2.61. The number of hydrogen-bond donors (Lipinski definition) is 1. The Hall–Kier alpha value is -1.98. The molecule has 2 heterocycles. The van der Waals surface area contributed by atoms with E-state index in [1.807, 2.05) is 13.8 Å². The van der Waals surface area contributed by atoms with Gasteiger partial charge in [0.25, 0.3) is 0 Å². The summed E-state index contributed by atoms with van der Waals surface area (Å²) in [5.41, 5.74) is 1.54. The highest BCUT2D eigenvalue weighted by atomic mass is 16.1. The summed E-state index contributed by atoms with van der Waals surface area (Å²) in [4.78, 5) is 16.8. The zero-order valence-electron chi connectivity index (χ0n) is 14.6. The van der Waals surface area contributed by atoms with Crippen molar-refractivity contribution in [3.05, 3.63) is 16.7 Å². The molecule has 2 atom stereocenters. The molecule has 0 radical (unpaired) electrons. The largest absolute Gasteiger partial charge is 0.355 e. The van der Waals surface area contributed by atoms with Gasteiger partial charge in [-0.25, -0.2) is 4.98 Å². The maximum atomic E-state index is 12.3. The first-order valence-electron chi connectivity index (χ1n) is 8.47. The monoisotopic (exact) mass is 317 g/mol.